The van der Waals surface area contributed by atoms with Crippen molar-refractivity contribution in [2.75, 3.05) is 13.7 Å². The van der Waals surface area contributed by atoms with Crippen LogP contribution in [-0.4, -0.2) is 46.5 Å². The van der Waals surface area contributed by atoms with Gasteiger partial charge in [0.1, 0.15) is 6.04 Å². The zero-order valence-corrected chi connectivity index (χ0v) is 20.2. The van der Waals surface area contributed by atoms with Crippen LogP contribution in [0, 0.1) is 10.1 Å². The minimum absolute atomic E-state index is 0.0188. The number of nitrogens with two attached hydrogens (primary N) is 2. The van der Waals surface area contributed by atoms with Gasteiger partial charge >= 0.3 is 5.97 Å². The van der Waals surface area contributed by atoms with Crippen LogP contribution in [0.25, 0.3) is 10.9 Å². The summed E-state index contributed by atoms with van der Waals surface area (Å²) in [5.41, 5.74) is 13.2. The number of non-ortho nitro benzene ring substituents is 1. The van der Waals surface area contributed by atoms with Crippen molar-refractivity contribution in [1.82, 2.24) is 9.29 Å². The maximum absolute atomic E-state index is 12.6. The number of nitrogens with zero attached hydrogens (tertiary/aromatic N) is 2. The van der Waals surface area contributed by atoms with Crippen molar-refractivity contribution in [3.05, 3.63) is 70.4 Å². The van der Waals surface area contributed by atoms with Crippen LogP contribution in [0.4, 0.5) is 5.69 Å². The van der Waals surface area contributed by atoms with Crippen LogP contribution in [0.15, 0.2) is 59.6 Å². The van der Waals surface area contributed by atoms with Crippen LogP contribution < -0.4 is 16.8 Å². The van der Waals surface area contributed by atoms with Gasteiger partial charge in [-0.3, -0.25) is 18.9 Å². The Morgan fingerprint density at radius 2 is 1.89 bits per heavy atom. The number of methoxy groups -OCH3 is 1. The molecule has 0 aliphatic carbocycles. The second kappa shape index (κ2) is 12.3. The Morgan fingerprint density at radius 1 is 1.17 bits per heavy atom. The fraction of sp³-hybridized carbons (Fsp3) is 0.333. The molecule has 0 aliphatic heterocycles. The molecule has 3 rings (SSSR count). The number of aromatic nitrogens is 1. The first-order valence-electron chi connectivity index (χ1n) is 11.2. The van der Waals surface area contributed by atoms with E-state index in [0.29, 0.717) is 13.0 Å². The van der Waals surface area contributed by atoms with Crippen molar-refractivity contribution >= 4 is 40.4 Å². The summed E-state index contributed by atoms with van der Waals surface area (Å²) in [6, 6.07) is 12.3. The van der Waals surface area contributed by atoms with E-state index in [9.17, 15) is 19.7 Å². The molecule has 5 N–H and O–H groups in total. The number of unbranched alkanes of at least 4 members (excludes halogenated alkanes) is 1. The van der Waals surface area contributed by atoms with E-state index < -0.39 is 28.9 Å². The number of nitro groups is 1. The monoisotopic (exact) mass is 499 g/mol. The number of amides is 1. The molecule has 186 valence electrons. The van der Waals surface area contributed by atoms with Crippen LogP contribution in [-0.2, 0) is 20.7 Å². The van der Waals surface area contributed by atoms with Gasteiger partial charge in [-0.1, -0.05) is 24.6 Å². The Bertz CT molecular complexity index is 1180. The minimum Gasteiger partial charge on any atom is -0.467 e. The Hall–Kier alpha value is -3.41. The molecule has 0 spiro atoms. The maximum Gasteiger partial charge on any atom is 0.328 e. The van der Waals surface area contributed by atoms with Crippen molar-refractivity contribution < 1.29 is 19.2 Å². The molecule has 2 unspecified atom stereocenters. The molecule has 10 nitrogen and oxygen atoms in total. The third kappa shape index (κ3) is 6.81. The minimum atomic E-state index is -0.906. The molecule has 0 fully saturated rings. The van der Waals surface area contributed by atoms with Gasteiger partial charge < -0.3 is 21.5 Å². The van der Waals surface area contributed by atoms with E-state index in [4.69, 9.17) is 16.2 Å². The average molecular weight is 500 g/mol. The van der Waals surface area contributed by atoms with E-state index in [-0.39, 0.29) is 12.1 Å². The topological polar surface area (TPSA) is 156 Å². The molecule has 0 saturated heterocycles. The smallest absolute Gasteiger partial charge is 0.328 e. The first-order valence-corrected chi connectivity index (χ1v) is 12.0. The summed E-state index contributed by atoms with van der Waals surface area (Å²) in [6.45, 7) is 0.529. The van der Waals surface area contributed by atoms with Crippen LogP contribution in [0.1, 0.15) is 24.8 Å². The molecular formula is C24H29N5O5S. The number of carbonyl (C=O) groups excluding carboxylic acids is 2. The number of rotatable bonds is 12. The fourth-order valence-electron chi connectivity index (χ4n) is 3.67. The summed E-state index contributed by atoms with van der Waals surface area (Å²) in [7, 11) is 1.27. The van der Waals surface area contributed by atoms with Gasteiger partial charge in [-0.25, -0.2) is 4.79 Å². The zero-order valence-electron chi connectivity index (χ0n) is 19.4. The number of hydrogen-bond donors (Lipinski definition) is 3. The van der Waals surface area contributed by atoms with E-state index in [1.807, 2.05) is 34.4 Å². The van der Waals surface area contributed by atoms with Gasteiger partial charge in [0.25, 0.3) is 5.69 Å². The third-order valence-electron chi connectivity index (χ3n) is 5.54. The van der Waals surface area contributed by atoms with Crippen LogP contribution in [0.5, 0.6) is 0 Å². The van der Waals surface area contributed by atoms with Gasteiger partial charge in [0.2, 0.25) is 5.91 Å². The highest BCUT2D eigenvalue weighted by Gasteiger charge is 2.26. The van der Waals surface area contributed by atoms with Crippen LogP contribution >= 0.6 is 11.9 Å². The predicted octanol–water partition coefficient (Wildman–Crippen LogP) is 2.76. The van der Waals surface area contributed by atoms with Crippen molar-refractivity contribution in [2.45, 2.75) is 42.7 Å². The summed E-state index contributed by atoms with van der Waals surface area (Å²) < 4.78 is 6.86. The number of esters is 1. The summed E-state index contributed by atoms with van der Waals surface area (Å²) >= 11 is 1.39. The van der Waals surface area contributed by atoms with Crippen LogP contribution in [0.2, 0.25) is 0 Å². The maximum atomic E-state index is 12.6. The third-order valence-corrected chi connectivity index (χ3v) is 6.53. The second-order valence-corrected chi connectivity index (χ2v) is 9.07. The fourth-order valence-corrected chi connectivity index (χ4v) is 4.59. The summed E-state index contributed by atoms with van der Waals surface area (Å²) in [5.74, 6) is -0.978. The standard InChI is InChI=1S/C24H29N5O5S/c1-34-24(31)21(27-23(30)20(26)7-4-5-13-25)14-16-15-28(22-8-3-2-6-19(16)22)35-18-11-9-17(10-12-18)29(32)33/h2-3,6,8-12,15,20-21H,4-5,7,13-14,25-26H2,1H3,(H,27,30). The van der Waals surface area contributed by atoms with Crippen molar-refractivity contribution in [1.29, 1.82) is 0 Å². The van der Waals surface area contributed by atoms with Gasteiger partial charge in [0, 0.05) is 35.0 Å². The normalized spacial score (nSPS) is 12.8. The number of nitrogens with one attached hydrogen (secondary N) is 1. The lowest BCUT2D eigenvalue weighted by molar-refractivity contribution is -0.384. The molecular weight excluding hydrogens is 470 g/mol. The first-order chi connectivity index (χ1) is 16.8. The van der Waals surface area contributed by atoms with E-state index in [0.717, 1.165) is 34.2 Å². The molecule has 1 amide bonds. The number of carbonyl (C=O) groups is 2. The number of nitro benzene ring substituents is 1. The Balaban J connectivity index is 1.82. The number of fused-ring (bicyclic) bond motifs is 1. The molecule has 0 aliphatic rings. The van der Waals surface area contributed by atoms with Gasteiger partial charge in [-0.15, -0.1) is 0 Å². The second-order valence-electron chi connectivity index (χ2n) is 8.02. The highest BCUT2D eigenvalue weighted by atomic mass is 32.2. The molecule has 2 aromatic carbocycles. The van der Waals surface area contributed by atoms with Gasteiger partial charge in [0.05, 0.1) is 23.6 Å². The Morgan fingerprint density at radius 3 is 2.54 bits per heavy atom. The Labute approximate surface area is 207 Å². The van der Waals surface area contributed by atoms with E-state index in [2.05, 4.69) is 5.32 Å². The van der Waals surface area contributed by atoms with Gasteiger partial charge in [-0.05, 0) is 55.1 Å². The summed E-state index contributed by atoms with van der Waals surface area (Å²) in [5, 5.41) is 14.6. The zero-order chi connectivity index (χ0) is 25.4. The molecule has 35 heavy (non-hydrogen) atoms. The highest BCUT2D eigenvalue weighted by molar-refractivity contribution is 7.98. The summed E-state index contributed by atoms with van der Waals surface area (Å²) in [4.78, 5) is 36.4. The molecule has 0 saturated carbocycles. The molecule has 11 heteroatoms. The van der Waals surface area contributed by atoms with E-state index >= 15 is 0 Å². The first kappa shape index (κ1) is 26.2. The molecule has 1 aromatic heterocycles. The number of benzene rings is 2. The summed E-state index contributed by atoms with van der Waals surface area (Å²) in [6.07, 6.45) is 4.07. The lowest BCUT2D eigenvalue weighted by Crippen LogP contribution is -2.49. The molecule has 1 heterocycles. The SMILES string of the molecule is COC(=O)C(Cc1cn(Sc2ccc([N+](=O)[O-])cc2)c2ccccc12)NC(=O)C(N)CCCCN. The van der Waals surface area contributed by atoms with E-state index in [1.165, 1.54) is 31.2 Å². The average Bonchev–Trinajstić information content (AvgIpc) is 3.20. The van der Waals surface area contributed by atoms with Crippen LogP contribution in [0.3, 0.4) is 0 Å². The number of hydrogen-bond acceptors (Lipinski definition) is 8. The largest absolute Gasteiger partial charge is 0.467 e. The quantitative estimate of drug-likeness (QED) is 0.149. The predicted molar refractivity (Wildman–Crippen MR) is 135 cm³/mol. The van der Waals surface area contributed by atoms with Crippen molar-refractivity contribution in [3.63, 3.8) is 0 Å². The molecule has 0 radical (unpaired) electrons. The van der Waals surface area contributed by atoms with Gasteiger partial charge in [0.15, 0.2) is 0 Å². The lowest BCUT2D eigenvalue weighted by atomic mass is 10.0. The molecule has 0 bridgehead atoms. The number of para-hydroxylation sites is 1. The van der Waals surface area contributed by atoms with Crippen molar-refractivity contribution in [3.8, 4) is 0 Å². The highest BCUT2D eigenvalue weighted by Crippen LogP contribution is 2.31. The van der Waals surface area contributed by atoms with Crippen molar-refractivity contribution in [2.24, 2.45) is 11.5 Å². The molecule has 2 atom stereocenters. The lowest BCUT2D eigenvalue weighted by Gasteiger charge is -2.19. The Kier molecular flexibility index (Phi) is 9.24. The molecule has 3 aromatic rings. The van der Waals surface area contributed by atoms with Gasteiger partial charge in [-0.2, -0.15) is 0 Å². The van der Waals surface area contributed by atoms with E-state index in [1.54, 1.807) is 12.1 Å². The number of ether oxygens (including phenoxy) is 1.